The number of carbonyl (C=O) groups is 1. The molecule has 2 rings (SSSR count). The summed E-state index contributed by atoms with van der Waals surface area (Å²) in [6.45, 7) is -0.471. The normalized spacial score (nSPS) is 27.0. The molecule has 0 aliphatic carbocycles. The molecule has 1 fully saturated rings. The summed E-state index contributed by atoms with van der Waals surface area (Å²) in [4.78, 5) is 24.8. The molecule has 0 aromatic carbocycles. The third-order valence-corrected chi connectivity index (χ3v) is 4.47. The second-order valence-corrected chi connectivity index (χ2v) is 6.48. The van der Waals surface area contributed by atoms with Crippen LogP contribution in [-0.4, -0.2) is 67.8 Å². The highest BCUT2D eigenvalue weighted by atomic mass is 32.1. The van der Waals surface area contributed by atoms with Gasteiger partial charge in [0.1, 0.15) is 18.0 Å². The van der Waals surface area contributed by atoms with Gasteiger partial charge in [0, 0.05) is 18.8 Å². The predicted molar refractivity (Wildman–Crippen MR) is 95.1 cm³/mol. The maximum absolute atomic E-state index is 12.5. The smallest absolute Gasteiger partial charge is 0.254 e. The highest BCUT2D eigenvalue weighted by Crippen LogP contribution is 2.22. The molecule has 9 nitrogen and oxygen atoms in total. The van der Waals surface area contributed by atoms with Crippen LogP contribution in [0.5, 0.6) is 0 Å². The number of hydrogen-bond acceptors (Lipinski definition) is 8. The molecule has 1 aromatic heterocycles. The highest BCUT2D eigenvalue weighted by molar-refractivity contribution is 7.78. The number of imidazole rings is 1. The third kappa shape index (κ3) is 5.79. The van der Waals surface area contributed by atoms with Crippen molar-refractivity contribution in [3.8, 4) is 0 Å². The summed E-state index contributed by atoms with van der Waals surface area (Å²) >= 11 is 4.80. The lowest BCUT2D eigenvalue weighted by Crippen LogP contribution is -2.52. The third-order valence-electron chi connectivity index (χ3n) is 4.24. The summed E-state index contributed by atoms with van der Waals surface area (Å²) in [7, 11) is 0. The lowest BCUT2D eigenvalue weighted by Gasteiger charge is -2.35. The zero-order valence-corrected chi connectivity index (χ0v) is 15.1. The SMILES string of the molecule is O=C(NO[C@@H]1C[C@@H](O)[C@H](O)[C@@H](CO)O1)C(CCCCC=S)c1ncc[nH]1. The first kappa shape index (κ1) is 20.9. The van der Waals surface area contributed by atoms with Crippen LogP contribution in [0.4, 0.5) is 0 Å². The summed E-state index contributed by atoms with van der Waals surface area (Å²) in [5, 5.41) is 30.3. The average molecular weight is 387 g/mol. The maximum Gasteiger partial charge on any atom is 0.254 e. The first-order valence-corrected chi connectivity index (χ1v) is 9.04. The van der Waals surface area contributed by atoms with Crippen molar-refractivity contribution < 1.29 is 29.7 Å². The molecule has 1 unspecified atom stereocenters. The highest BCUT2D eigenvalue weighted by Gasteiger charge is 2.37. The standard InChI is InChI=1S/C16H25N3O6S/c20-9-12-14(22)11(21)8-13(24-12)25-19-16(23)10(4-2-1-3-7-26)15-17-5-6-18-15/h5-7,10-14,20-22H,1-4,8-9H2,(H,17,18)(H,19,23)/t10?,11-,12-,13-,14+/m1/s1. The Labute approximate surface area is 156 Å². The van der Waals surface area contributed by atoms with E-state index in [-0.39, 0.29) is 6.42 Å². The quantitative estimate of drug-likeness (QED) is 0.214. The van der Waals surface area contributed by atoms with Gasteiger partial charge in [0.15, 0.2) is 6.29 Å². The van der Waals surface area contributed by atoms with Crippen molar-refractivity contribution in [3.05, 3.63) is 18.2 Å². The second-order valence-electron chi connectivity index (χ2n) is 6.14. The van der Waals surface area contributed by atoms with E-state index in [2.05, 4.69) is 15.4 Å². The van der Waals surface area contributed by atoms with Gasteiger partial charge in [0.05, 0.1) is 18.6 Å². The Morgan fingerprint density at radius 3 is 3.00 bits per heavy atom. The fourth-order valence-electron chi connectivity index (χ4n) is 2.77. The lowest BCUT2D eigenvalue weighted by atomic mass is 10.00. The molecule has 0 radical (unpaired) electrons. The minimum Gasteiger partial charge on any atom is -0.394 e. The van der Waals surface area contributed by atoms with E-state index in [9.17, 15) is 15.0 Å². The Morgan fingerprint density at radius 2 is 2.35 bits per heavy atom. The van der Waals surface area contributed by atoms with E-state index >= 15 is 0 Å². The molecular weight excluding hydrogens is 362 g/mol. The largest absolute Gasteiger partial charge is 0.394 e. The molecule has 0 bridgehead atoms. The molecule has 2 heterocycles. The minimum atomic E-state index is -1.20. The van der Waals surface area contributed by atoms with E-state index in [0.717, 1.165) is 19.3 Å². The van der Waals surface area contributed by atoms with Gasteiger partial charge in [-0.1, -0.05) is 18.6 Å². The number of unbranched alkanes of at least 4 members (excludes halogenated alkanes) is 2. The van der Waals surface area contributed by atoms with Crippen LogP contribution in [0.15, 0.2) is 12.4 Å². The number of hydroxylamine groups is 1. The molecule has 1 aliphatic heterocycles. The minimum absolute atomic E-state index is 0.0297. The summed E-state index contributed by atoms with van der Waals surface area (Å²) in [6, 6.07) is 0. The first-order valence-electron chi connectivity index (χ1n) is 8.57. The summed E-state index contributed by atoms with van der Waals surface area (Å²) in [6.07, 6.45) is 1.96. The Morgan fingerprint density at radius 1 is 1.54 bits per heavy atom. The molecule has 146 valence electrons. The molecule has 1 aliphatic rings. The monoisotopic (exact) mass is 387 g/mol. The van der Waals surface area contributed by atoms with Crippen LogP contribution < -0.4 is 5.48 Å². The van der Waals surface area contributed by atoms with Crippen molar-refractivity contribution in [3.63, 3.8) is 0 Å². The van der Waals surface area contributed by atoms with Crippen molar-refractivity contribution in [2.45, 2.75) is 62.6 Å². The Hall–Kier alpha value is -1.43. The number of hydrogen-bond donors (Lipinski definition) is 5. The van der Waals surface area contributed by atoms with Crippen molar-refractivity contribution in [1.82, 2.24) is 15.4 Å². The van der Waals surface area contributed by atoms with Gasteiger partial charge < -0.3 is 25.0 Å². The van der Waals surface area contributed by atoms with Crippen molar-refractivity contribution in [2.75, 3.05) is 6.61 Å². The van der Waals surface area contributed by atoms with E-state index in [4.69, 9.17) is 26.9 Å². The van der Waals surface area contributed by atoms with Gasteiger partial charge in [0.25, 0.3) is 5.91 Å². The van der Waals surface area contributed by atoms with Gasteiger partial charge in [-0.2, -0.15) is 0 Å². The summed E-state index contributed by atoms with van der Waals surface area (Å²) < 4.78 is 5.32. The molecular formula is C16H25N3O6S. The van der Waals surface area contributed by atoms with Crippen LogP contribution in [0.3, 0.4) is 0 Å². The van der Waals surface area contributed by atoms with Gasteiger partial charge in [-0.15, -0.1) is 0 Å². The van der Waals surface area contributed by atoms with Crippen LogP contribution in [0.1, 0.15) is 43.8 Å². The number of aliphatic hydroxyl groups is 3. The lowest BCUT2D eigenvalue weighted by molar-refractivity contribution is -0.272. The van der Waals surface area contributed by atoms with Crippen LogP contribution in [-0.2, 0) is 14.4 Å². The number of thiocarbonyl (C=S) groups is 1. The fraction of sp³-hybridized carbons (Fsp3) is 0.688. The number of H-pyrrole nitrogens is 1. The summed E-state index contributed by atoms with van der Waals surface area (Å²) in [5.74, 6) is -0.392. The van der Waals surface area contributed by atoms with Crippen molar-refractivity contribution >= 4 is 23.5 Å². The van der Waals surface area contributed by atoms with E-state index in [0.29, 0.717) is 12.2 Å². The Bertz CT molecular complexity index is 558. The van der Waals surface area contributed by atoms with E-state index < -0.39 is 43.0 Å². The number of amides is 1. The molecule has 1 amide bonds. The molecule has 1 saturated heterocycles. The first-order chi connectivity index (χ1) is 12.6. The maximum atomic E-state index is 12.5. The summed E-state index contributed by atoms with van der Waals surface area (Å²) in [5.41, 5.74) is 2.33. The molecule has 5 N–H and O–H groups in total. The number of aromatic amines is 1. The van der Waals surface area contributed by atoms with Crippen molar-refractivity contribution in [2.24, 2.45) is 0 Å². The van der Waals surface area contributed by atoms with Gasteiger partial charge in [0.2, 0.25) is 0 Å². The topological polar surface area (TPSA) is 137 Å². The Kier molecular flexibility index (Phi) is 8.55. The van der Waals surface area contributed by atoms with Crippen molar-refractivity contribution in [1.29, 1.82) is 0 Å². The number of nitrogens with one attached hydrogen (secondary N) is 2. The molecule has 1 aromatic rings. The van der Waals surface area contributed by atoms with Crippen LogP contribution in [0.2, 0.25) is 0 Å². The average Bonchev–Trinajstić information content (AvgIpc) is 3.16. The zero-order chi connectivity index (χ0) is 18.9. The fourth-order valence-corrected chi connectivity index (χ4v) is 2.94. The van der Waals surface area contributed by atoms with E-state index in [1.54, 1.807) is 17.8 Å². The van der Waals surface area contributed by atoms with E-state index in [1.165, 1.54) is 0 Å². The van der Waals surface area contributed by atoms with Gasteiger partial charge >= 0.3 is 0 Å². The van der Waals surface area contributed by atoms with Gasteiger partial charge in [-0.05, 0) is 24.6 Å². The molecule has 10 heteroatoms. The molecule has 0 spiro atoms. The number of carbonyl (C=O) groups excluding carboxylic acids is 1. The van der Waals surface area contributed by atoms with Crippen LogP contribution >= 0.6 is 12.2 Å². The number of rotatable bonds is 10. The number of aromatic nitrogens is 2. The number of aliphatic hydroxyl groups excluding tert-OH is 3. The van der Waals surface area contributed by atoms with Crippen LogP contribution in [0, 0.1) is 0 Å². The van der Waals surface area contributed by atoms with E-state index in [1.807, 2.05) is 0 Å². The molecule has 0 saturated carbocycles. The number of ether oxygens (including phenoxy) is 1. The van der Waals surface area contributed by atoms with Gasteiger partial charge in [-0.25, -0.2) is 15.3 Å². The zero-order valence-electron chi connectivity index (χ0n) is 14.3. The van der Waals surface area contributed by atoms with Crippen LogP contribution in [0.25, 0.3) is 0 Å². The number of nitrogens with zero attached hydrogens (tertiary/aromatic N) is 1. The second kappa shape index (κ2) is 10.7. The van der Waals surface area contributed by atoms with Gasteiger partial charge in [-0.3, -0.25) is 4.79 Å². The molecule has 26 heavy (non-hydrogen) atoms. The predicted octanol–water partition coefficient (Wildman–Crippen LogP) is -0.0697. The Balaban J connectivity index is 1.89. The molecule has 5 atom stereocenters.